The van der Waals surface area contributed by atoms with Gasteiger partial charge in [0, 0.05) is 6.04 Å². The minimum atomic E-state index is -0.752. The van der Waals surface area contributed by atoms with E-state index in [4.69, 9.17) is 9.47 Å². The van der Waals surface area contributed by atoms with E-state index in [9.17, 15) is 14.4 Å². The number of methoxy groups -OCH3 is 1. The molecule has 0 aromatic carbocycles. The van der Waals surface area contributed by atoms with E-state index in [0.29, 0.717) is 12.8 Å². The molecule has 1 saturated heterocycles. The summed E-state index contributed by atoms with van der Waals surface area (Å²) in [6.07, 6.45) is 3.77. The molecule has 7 nitrogen and oxygen atoms in total. The van der Waals surface area contributed by atoms with Crippen LogP contribution >= 0.6 is 0 Å². The van der Waals surface area contributed by atoms with Gasteiger partial charge in [-0.05, 0) is 53.4 Å². The van der Waals surface area contributed by atoms with E-state index in [2.05, 4.69) is 5.32 Å². The molecule has 25 heavy (non-hydrogen) atoms. The van der Waals surface area contributed by atoms with Gasteiger partial charge in [0.1, 0.15) is 17.7 Å². The molecule has 0 spiro atoms. The number of esters is 1. The number of carbonyl (C=O) groups is 3. The predicted octanol–water partition coefficient (Wildman–Crippen LogP) is 2.15. The van der Waals surface area contributed by atoms with Crippen molar-refractivity contribution in [2.45, 2.75) is 77.1 Å². The van der Waals surface area contributed by atoms with E-state index in [0.717, 1.165) is 18.4 Å². The third kappa shape index (κ3) is 4.74. The zero-order valence-electron chi connectivity index (χ0n) is 15.6. The number of ether oxygens (including phenoxy) is 2. The van der Waals surface area contributed by atoms with Crippen molar-refractivity contribution in [3.63, 3.8) is 0 Å². The second-order valence-electron chi connectivity index (χ2n) is 7.70. The Kier molecular flexibility index (Phi) is 5.75. The molecular formula is C18H28N2O5. The molecule has 1 fully saturated rings. The summed E-state index contributed by atoms with van der Waals surface area (Å²) in [6, 6.07) is -1.38. The van der Waals surface area contributed by atoms with Crippen molar-refractivity contribution in [2.75, 3.05) is 7.11 Å². The summed E-state index contributed by atoms with van der Waals surface area (Å²) in [5.74, 6) is -0.665. The molecule has 2 rings (SSSR count). The van der Waals surface area contributed by atoms with Crippen LogP contribution in [0.3, 0.4) is 0 Å². The Labute approximate surface area is 148 Å². The van der Waals surface area contributed by atoms with Gasteiger partial charge >= 0.3 is 12.1 Å². The Bertz CT molecular complexity index is 579. The first kappa shape index (κ1) is 19.3. The van der Waals surface area contributed by atoms with E-state index in [1.165, 1.54) is 7.11 Å². The van der Waals surface area contributed by atoms with Crippen molar-refractivity contribution < 1.29 is 23.9 Å². The molecule has 7 heteroatoms. The van der Waals surface area contributed by atoms with Crippen molar-refractivity contribution >= 4 is 18.0 Å². The van der Waals surface area contributed by atoms with Gasteiger partial charge < -0.3 is 19.7 Å². The van der Waals surface area contributed by atoms with Crippen LogP contribution in [0.2, 0.25) is 0 Å². The van der Waals surface area contributed by atoms with Crippen LogP contribution in [0.5, 0.6) is 0 Å². The van der Waals surface area contributed by atoms with Crippen molar-refractivity contribution in [3.8, 4) is 0 Å². The molecule has 0 radical (unpaired) electrons. The molecule has 3 atom stereocenters. The fraction of sp³-hybridized carbons (Fsp3) is 0.722. The van der Waals surface area contributed by atoms with Crippen LogP contribution in [0.25, 0.3) is 0 Å². The summed E-state index contributed by atoms with van der Waals surface area (Å²) in [7, 11) is 1.33. The number of rotatable bonds is 2. The number of hydrogen-bond acceptors (Lipinski definition) is 5. The minimum Gasteiger partial charge on any atom is -0.467 e. The van der Waals surface area contributed by atoms with Gasteiger partial charge in [0.2, 0.25) is 5.91 Å². The second-order valence-corrected chi connectivity index (χ2v) is 7.70. The van der Waals surface area contributed by atoms with Gasteiger partial charge in [-0.2, -0.15) is 0 Å². The summed E-state index contributed by atoms with van der Waals surface area (Å²) in [4.78, 5) is 38.8. The topological polar surface area (TPSA) is 84.9 Å². The molecule has 0 saturated carbocycles. The monoisotopic (exact) mass is 352 g/mol. The minimum absolute atomic E-state index is 0.0453. The number of fused-ring (bicyclic) bond motifs is 1. The fourth-order valence-corrected chi connectivity index (χ4v) is 3.41. The second kappa shape index (κ2) is 7.45. The van der Waals surface area contributed by atoms with Crippen LogP contribution in [0.1, 0.15) is 53.4 Å². The van der Waals surface area contributed by atoms with Gasteiger partial charge in [-0.15, -0.1) is 0 Å². The molecule has 0 aliphatic carbocycles. The quantitative estimate of drug-likeness (QED) is 0.608. The summed E-state index contributed by atoms with van der Waals surface area (Å²) in [5.41, 5.74) is 0.495. The first-order valence-electron chi connectivity index (χ1n) is 8.67. The summed E-state index contributed by atoms with van der Waals surface area (Å²) in [6.45, 7) is 7.30. The van der Waals surface area contributed by atoms with E-state index in [-0.39, 0.29) is 11.9 Å². The highest BCUT2D eigenvalue weighted by molar-refractivity contribution is 5.90. The average molecular weight is 352 g/mol. The van der Waals surface area contributed by atoms with Crippen LogP contribution in [0, 0.1) is 0 Å². The largest absolute Gasteiger partial charge is 0.467 e. The highest BCUT2D eigenvalue weighted by atomic mass is 16.6. The highest BCUT2D eigenvalue weighted by Gasteiger charge is 2.44. The lowest BCUT2D eigenvalue weighted by Crippen LogP contribution is -2.55. The Morgan fingerprint density at radius 1 is 1.28 bits per heavy atom. The Morgan fingerprint density at radius 2 is 1.96 bits per heavy atom. The lowest BCUT2D eigenvalue weighted by molar-refractivity contribution is -0.153. The Morgan fingerprint density at radius 3 is 2.56 bits per heavy atom. The molecule has 140 valence electrons. The first-order valence-corrected chi connectivity index (χ1v) is 8.67. The van der Waals surface area contributed by atoms with Crippen molar-refractivity contribution in [2.24, 2.45) is 0 Å². The van der Waals surface area contributed by atoms with Crippen LogP contribution in [-0.4, -0.2) is 53.7 Å². The SMILES string of the molecule is COC(=O)[C@@H]1CC[C@@H]2C/C(C)=C\C[C@H](NC(=O)OC(C)(C)C)C(=O)N21. The van der Waals surface area contributed by atoms with E-state index >= 15 is 0 Å². The standard InChI is InChI=1S/C18H28N2O5/c1-11-6-8-13(19-17(23)25-18(2,3)4)15(21)20-12(10-11)7-9-14(20)16(22)24-5/h6,12-14H,7-10H2,1-5H3,(H,19,23)/b11-6-/t12-,13+,14+/m1/s1. The third-order valence-electron chi connectivity index (χ3n) is 4.48. The molecule has 2 aliphatic heterocycles. The molecule has 2 aliphatic rings. The molecule has 0 unspecified atom stereocenters. The molecule has 1 N–H and O–H groups in total. The van der Waals surface area contributed by atoms with E-state index < -0.39 is 29.7 Å². The zero-order valence-corrected chi connectivity index (χ0v) is 15.6. The fourth-order valence-electron chi connectivity index (χ4n) is 3.41. The number of amides is 2. The first-order chi connectivity index (χ1) is 11.6. The maximum Gasteiger partial charge on any atom is 0.408 e. The number of nitrogens with zero attached hydrogens (tertiary/aromatic N) is 1. The Balaban J connectivity index is 2.22. The lowest BCUT2D eigenvalue weighted by atomic mass is 9.99. The number of carbonyl (C=O) groups excluding carboxylic acids is 3. The van der Waals surface area contributed by atoms with Gasteiger partial charge in [0.05, 0.1) is 7.11 Å². The summed E-state index contributed by atoms with van der Waals surface area (Å²) >= 11 is 0. The number of nitrogens with one attached hydrogen (secondary N) is 1. The normalized spacial score (nSPS) is 29.0. The predicted molar refractivity (Wildman–Crippen MR) is 91.8 cm³/mol. The molecule has 0 aromatic heterocycles. The van der Waals surface area contributed by atoms with Gasteiger partial charge in [-0.25, -0.2) is 9.59 Å². The zero-order chi connectivity index (χ0) is 18.8. The van der Waals surface area contributed by atoms with Crippen molar-refractivity contribution in [1.29, 1.82) is 0 Å². The maximum atomic E-state index is 13.0. The summed E-state index contributed by atoms with van der Waals surface area (Å²) < 4.78 is 10.1. The Hall–Kier alpha value is -2.05. The lowest BCUT2D eigenvalue weighted by Gasteiger charge is -2.34. The van der Waals surface area contributed by atoms with E-state index in [1.807, 2.05) is 13.0 Å². The summed E-state index contributed by atoms with van der Waals surface area (Å²) in [5, 5.41) is 2.65. The molecular weight excluding hydrogens is 324 g/mol. The van der Waals surface area contributed by atoms with Crippen molar-refractivity contribution in [3.05, 3.63) is 11.6 Å². The van der Waals surface area contributed by atoms with Gasteiger partial charge in [-0.3, -0.25) is 4.79 Å². The average Bonchev–Trinajstić information content (AvgIpc) is 2.90. The highest BCUT2D eigenvalue weighted by Crippen LogP contribution is 2.32. The maximum absolute atomic E-state index is 13.0. The van der Waals surface area contributed by atoms with Crippen LogP contribution < -0.4 is 5.32 Å². The number of alkyl carbamates (subject to hydrolysis) is 1. The molecule has 0 aromatic rings. The van der Waals surface area contributed by atoms with Gasteiger partial charge in [0.25, 0.3) is 0 Å². The van der Waals surface area contributed by atoms with Crippen LogP contribution in [-0.2, 0) is 19.1 Å². The molecule has 0 bridgehead atoms. The van der Waals surface area contributed by atoms with Gasteiger partial charge in [-0.1, -0.05) is 11.6 Å². The van der Waals surface area contributed by atoms with Crippen LogP contribution in [0.15, 0.2) is 11.6 Å². The third-order valence-corrected chi connectivity index (χ3v) is 4.48. The smallest absolute Gasteiger partial charge is 0.408 e. The number of hydrogen-bond donors (Lipinski definition) is 1. The van der Waals surface area contributed by atoms with E-state index in [1.54, 1.807) is 25.7 Å². The molecule has 2 amide bonds. The molecule has 2 heterocycles. The van der Waals surface area contributed by atoms with Crippen LogP contribution in [0.4, 0.5) is 4.79 Å². The van der Waals surface area contributed by atoms with Crippen molar-refractivity contribution in [1.82, 2.24) is 10.2 Å². The van der Waals surface area contributed by atoms with Gasteiger partial charge in [0.15, 0.2) is 0 Å².